The Morgan fingerprint density at radius 1 is 1.47 bits per heavy atom. The van der Waals surface area contributed by atoms with Gasteiger partial charge in [0.25, 0.3) is 0 Å². The highest BCUT2D eigenvalue weighted by molar-refractivity contribution is 5.74. The molecule has 4 heteroatoms. The number of rotatable bonds is 3. The van der Waals surface area contributed by atoms with E-state index in [1.807, 2.05) is 0 Å². The molecule has 4 nitrogen and oxygen atoms in total. The van der Waals surface area contributed by atoms with Gasteiger partial charge in [0.2, 0.25) is 5.91 Å². The second kappa shape index (κ2) is 5.36. The molecular weight excluding hydrogens is 216 g/mol. The second-order valence-electron chi connectivity index (χ2n) is 5.41. The Labute approximate surface area is 103 Å². The monoisotopic (exact) mass is 240 g/mol. The SMILES string of the molecule is COC1CCC2C(C1)C(CCN)CN2C(C)=O. The molecule has 1 aliphatic heterocycles. The number of nitrogens with zero attached hydrogens (tertiary/aromatic N) is 1. The fourth-order valence-electron chi connectivity index (χ4n) is 3.66. The molecule has 2 fully saturated rings. The third kappa shape index (κ3) is 2.47. The molecule has 0 radical (unpaired) electrons. The number of ether oxygens (including phenoxy) is 1. The maximum atomic E-state index is 11.7. The van der Waals surface area contributed by atoms with Crippen LogP contribution in [0, 0.1) is 11.8 Å². The maximum absolute atomic E-state index is 11.7. The summed E-state index contributed by atoms with van der Waals surface area (Å²) in [6.45, 7) is 3.31. The molecule has 0 aromatic rings. The van der Waals surface area contributed by atoms with Gasteiger partial charge in [-0.1, -0.05) is 0 Å². The topological polar surface area (TPSA) is 55.6 Å². The van der Waals surface area contributed by atoms with Gasteiger partial charge in [0, 0.05) is 26.6 Å². The smallest absolute Gasteiger partial charge is 0.219 e. The normalized spacial score (nSPS) is 37.0. The van der Waals surface area contributed by atoms with Crippen LogP contribution in [0.4, 0.5) is 0 Å². The van der Waals surface area contributed by atoms with E-state index in [0.717, 1.165) is 38.8 Å². The van der Waals surface area contributed by atoms with E-state index in [9.17, 15) is 4.79 Å². The van der Waals surface area contributed by atoms with Crippen molar-refractivity contribution in [2.45, 2.75) is 44.8 Å². The van der Waals surface area contributed by atoms with Crippen molar-refractivity contribution in [2.24, 2.45) is 17.6 Å². The summed E-state index contributed by atoms with van der Waals surface area (Å²) < 4.78 is 5.49. The Bertz CT molecular complexity index is 283. The van der Waals surface area contributed by atoms with Gasteiger partial charge in [0.15, 0.2) is 0 Å². The molecular formula is C13H24N2O2. The predicted octanol–water partition coefficient (Wildman–Crippen LogP) is 0.997. The van der Waals surface area contributed by atoms with Crippen LogP contribution in [0.25, 0.3) is 0 Å². The van der Waals surface area contributed by atoms with Crippen LogP contribution in [0.5, 0.6) is 0 Å². The van der Waals surface area contributed by atoms with Gasteiger partial charge in [-0.05, 0) is 44.1 Å². The minimum atomic E-state index is 0.218. The van der Waals surface area contributed by atoms with Gasteiger partial charge in [-0.2, -0.15) is 0 Å². The van der Waals surface area contributed by atoms with Gasteiger partial charge in [-0.15, -0.1) is 0 Å². The van der Waals surface area contributed by atoms with E-state index in [1.54, 1.807) is 14.0 Å². The molecule has 1 aliphatic carbocycles. The van der Waals surface area contributed by atoms with Crippen molar-refractivity contribution in [1.82, 2.24) is 4.90 Å². The van der Waals surface area contributed by atoms with Crippen LogP contribution < -0.4 is 5.73 Å². The molecule has 4 atom stereocenters. The van der Waals surface area contributed by atoms with Gasteiger partial charge in [0.1, 0.15) is 0 Å². The molecule has 17 heavy (non-hydrogen) atoms. The highest BCUT2D eigenvalue weighted by Gasteiger charge is 2.45. The molecule has 1 heterocycles. The Morgan fingerprint density at radius 3 is 2.82 bits per heavy atom. The van der Waals surface area contributed by atoms with Gasteiger partial charge < -0.3 is 15.4 Å². The van der Waals surface area contributed by atoms with Crippen molar-refractivity contribution in [3.63, 3.8) is 0 Å². The number of methoxy groups -OCH3 is 1. The molecule has 4 unspecified atom stereocenters. The molecule has 2 rings (SSSR count). The number of hydrogen-bond acceptors (Lipinski definition) is 3. The lowest BCUT2D eigenvalue weighted by Crippen LogP contribution is -2.41. The van der Waals surface area contributed by atoms with Crippen molar-refractivity contribution in [2.75, 3.05) is 20.2 Å². The van der Waals surface area contributed by atoms with E-state index < -0.39 is 0 Å². The van der Waals surface area contributed by atoms with Crippen LogP contribution in [0.2, 0.25) is 0 Å². The first-order valence-electron chi connectivity index (χ1n) is 6.67. The number of hydrogen-bond donors (Lipinski definition) is 1. The van der Waals surface area contributed by atoms with E-state index in [0.29, 0.717) is 24.0 Å². The van der Waals surface area contributed by atoms with Crippen LogP contribution in [-0.2, 0) is 9.53 Å². The average molecular weight is 240 g/mol. The zero-order valence-corrected chi connectivity index (χ0v) is 10.9. The van der Waals surface area contributed by atoms with E-state index in [2.05, 4.69) is 4.90 Å². The number of likely N-dealkylation sites (tertiary alicyclic amines) is 1. The first kappa shape index (κ1) is 12.8. The largest absolute Gasteiger partial charge is 0.381 e. The first-order valence-corrected chi connectivity index (χ1v) is 6.67. The number of carbonyl (C=O) groups is 1. The van der Waals surface area contributed by atoms with Crippen LogP contribution in [-0.4, -0.2) is 43.2 Å². The standard InChI is InChI=1S/C13H24N2O2/c1-9(16)15-8-10(5-6-14)12-7-11(17-2)3-4-13(12)15/h10-13H,3-8,14H2,1-2H3. The van der Waals surface area contributed by atoms with Crippen molar-refractivity contribution in [3.05, 3.63) is 0 Å². The molecule has 0 aromatic carbocycles. The predicted molar refractivity (Wildman–Crippen MR) is 66.5 cm³/mol. The number of fused-ring (bicyclic) bond motifs is 1. The van der Waals surface area contributed by atoms with Crippen molar-refractivity contribution in [3.8, 4) is 0 Å². The van der Waals surface area contributed by atoms with Crippen molar-refractivity contribution in [1.29, 1.82) is 0 Å². The van der Waals surface area contributed by atoms with Crippen LogP contribution in [0.3, 0.4) is 0 Å². The molecule has 98 valence electrons. The summed E-state index contributed by atoms with van der Waals surface area (Å²) >= 11 is 0. The summed E-state index contributed by atoms with van der Waals surface area (Å²) in [5.74, 6) is 1.39. The summed E-state index contributed by atoms with van der Waals surface area (Å²) in [6, 6.07) is 0.440. The van der Waals surface area contributed by atoms with Crippen LogP contribution >= 0.6 is 0 Å². The van der Waals surface area contributed by atoms with Crippen molar-refractivity contribution < 1.29 is 9.53 Å². The summed E-state index contributed by atoms with van der Waals surface area (Å²) in [7, 11) is 1.79. The first-order chi connectivity index (χ1) is 8.17. The van der Waals surface area contributed by atoms with Gasteiger partial charge in [0.05, 0.1) is 6.10 Å². The summed E-state index contributed by atoms with van der Waals surface area (Å²) in [4.78, 5) is 13.7. The highest BCUT2D eigenvalue weighted by atomic mass is 16.5. The zero-order chi connectivity index (χ0) is 12.4. The van der Waals surface area contributed by atoms with Gasteiger partial charge >= 0.3 is 0 Å². The highest BCUT2D eigenvalue weighted by Crippen LogP contribution is 2.41. The van der Waals surface area contributed by atoms with Crippen LogP contribution in [0.1, 0.15) is 32.6 Å². The van der Waals surface area contributed by atoms with Gasteiger partial charge in [-0.25, -0.2) is 0 Å². The van der Waals surface area contributed by atoms with E-state index in [4.69, 9.17) is 10.5 Å². The Hall–Kier alpha value is -0.610. The maximum Gasteiger partial charge on any atom is 0.219 e. The van der Waals surface area contributed by atoms with E-state index in [1.165, 1.54) is 0 Å². The molecule has 1 saturated heterocycles. The molecule has 1 saturated carbocycles. The zero-order valence-electron chi connectivity index (χ0n) is 10.9. The van der Waals surface area contributed by atoms with E-state index >= 15 is 0 Å². The third-order valence-electron chi connectivity index (χ3n) is 4.53. The lowest BCUT2D eigenvalue weighted by molar-refractivity contribution is -0.130. The molecule has 2 N–H and O–H groups in total. The lowest BCUT2D eigenvalue weighted by Gasteiger charge is -2.35. The molecule has 0 aromatic heterocycles. The molecule has 0 bridgehead atoms. The minimum Gasteiger partial charge on any atom is -0.381 e. The van der Waals surface area contributed by atoms with Gasteiger partial charge in [-0.3, -0.25) is 4.79 Å². The summed E-state index contributed by atoms with van der Waals surface area (Å²) in [5, 5.41) is 0. The molecule has 0 spiro atoms. The van der Waals surface area contributed by atoms with Crippen molar-refractivity contribution >= 4 is 5.91 Å². The Balaban J connectivity index is 2.09. The third-order valence-corrected chi connectivity index (χ3v) is 4.53. The van der Waals surface area contributed by atoms with E-state index in [-0.39, 0.29) is 5.91 Å². The lowest BCUT2D eigenvalue weighted by atomic mass is 9.77. The fourth-order valence-corrected chi connectivity index (χ4v) is 3.66. The summed E-state index contributed by atoms with van der Waals surface area (Å²) in [5.41, 5.74) is 5.68. The number of nitrogens with two attached hydrogens (primary N) is 1. The summed E-state index contributed by atoms with van der Waals surface area (Å²) in [6.07, 6.45) is 4.67. The number of carbonyl (C=O) groups excluding carboxylic acids is 1. The molecule has 2 aliphatic rings. The number of amides is 1. The Morgan fingerprint density at radius 2 is 2.24 bits per heavy atom. The fraction of sp³-hybridized carbons (Fsp3) is 0.923. The average Bonchev–Trinajstić information content (AvgIpc) is 2.68. The Kier molecular flexibility index (Phi) is 4.05. The quantitative estimate of drug-likeness (QED) is 0.800. The minimum absolute atomic E-state index is 0.218. The van der Waals surface area contributed by atoms with Crippen LogP contribution in [0.15, 0.2) is 0 Å². The second-order valence-corrected chi connectivity index (χ2v) is 5.41. The molecule has 1 amide bonds.